The molecule has 0 saturated heterocycles. The molecule has 0 rings (SSSR count). The van der Waals surface area contributed by atoms with E-state index < -0.39 is 92.4 Å². The molecule has 0 aliphatic rings. The molecule has 0 aliphatic heterocycles. The molecule has 0 aromatic heterocycles. The van der Waals surface area contributed by atoms with Gasteiger partial charge in [0.25, 0.3) is 11.5 Å². The molecule has 0 bridgehead atoms. The lowest BCUT2D eigenvalue weighted by atomic mass is 9.86. The highest BCUT2D eigenvalue weighted by Crippen LogP contribution is 2.55. The SMILES string of the molecule is CCC(=CC(C(C)C)S(=O)(=O)F)OC(F)(C(=O)C(F)(F)C(F)(F)F)C(F)(OS(=O)(=O)F)C(C)(F)C(F)(F)F. The van der Waals surface area contributed by atoms with Crippen LogP contribution in [0.1, 0.15) is 34.1 Å². The first-order valence-corrected chi connectivity index (χ1v) is 12.2. The summed E-state index contributed by atoms with van der Waals surface area (Å²) in [5, 5.41) is -2.60. The van der Waals surface area contributed by atoms with Crippen LogP contribution in [0.2, 0.25) is 0 Å². The van der Waals surface area contributed by atoms with Crippen LogP contribution in [0.3, 0.4) is 0 Å². The van der Waals surface area contributed by atoms with Crippen molar-refractivity contribution in [3.8, 4) is 0 Å². The van der Waals surface area contributed by atoms with Crippen molar-refractivity contribution in [3.05, 3.63) is 11.8 Å². The van der Waals surface area contributed by atoms with Crippen LogP contribution in [-0.2, 0) is 34.4 Å². The fourth-order valence-electron chi connectivity index (χ4n) is 2.53. The number of hydrogen-bond donors (Lipinski definition) is 0. The quantitative estimate of drug-likeness (QED) is 0.165. The molecule has 0 saturated carbocycles. The number of carbonyl (C=O) groups excluding carboxylic acids is 1. The lowest BCUT2D eigenvalue weighted by Crippen LogP contribution is -2.73. The van der Waals surface area contributed by atoms with E-state index in [2.05, 4.69) is 8.92 Å². The van der Waals surface area contributed by atoms with Crippen LogP contribution in [-0.4, -0.2) is 63.5 Å². The predicted molar refractivity (Wildman–Crippen MR) is 98.5 cm³/mol. The van der Waals surface area contributed by atoms with Gasteiger partial charge in [-0.1, -0.05) is 24.7 Å². The van der Waals surface area contributed by atoms with E-state index in [0.29, 0.717) is 6.92 Å². The zero-order chi connectivity index (χ0) is 31.1. The molecule has 0 aliphatic carbocycles. The average Bonchev–Trinajstić information content (AvgIpc) is 2.65. The molecular formula is C16H17F13O7S2. The first-order chi connectivity index (χ1) is 16.3. The van der Waals surface area contributed by atoms with E-state index in [1.807, 2.05) is 0 Å². The molecule has 226 valence electrons. The van der Waals surface area contributed by atoms with Gasteiger partial charge in [0.2, 0.25) is 0 Å². The molecule has 0 aromatic rings. The van der Waals surface area contributed by atoms with E-state index >= 15 is 8.78 Å². The number of allylic oxidation sites excluding steroid dienone is 1. The molecule has 0 N–H and O–H groups in total. The van der Waals surface area contributed by atoms with Crippen molar-refractivity contribution in [2.45, 2.75) is 75.0 Å². The number of Topliss-reactive ketones (excluding diaryl/α,β-unsaturated/α-hetero) is 1. The van der Waals surface area contributed by atoms with E-state index in [9.17, 15) is 68.9 Å². The molecule has 0 radical (unpaired) electrons. The van der Waals surface area contributed by atoms with Crippen molar-refractivity contribution >= 4 is 26.5 Å². The molecule has 7 nitrogen and oxygen atoms in total. The molecule has 0 fully saturated rings. The van der Waals surface area contributed by atoms with Crippen LogP contribution in [0, 0.1) is 5.92 Å². The van der Waals surface area contributed by atoms with Crippen LogP contribution < -0.4 is 0 Å². The fourth-order valence-corrected chi connectivity index (χ4v) is 4.03. The van der Waals surface area contributed by atoms with Crippen LogP contribution in [0.4, 0.5) is 56.1 Å². The summed E-state index contributed by atoms with van der Waals surface area (Å²) in [6.45, 7) is 1.06. The zero-order valence-corrected chi connectivity index (χ0v) is 20.7. The lowest BCUT2D eigenvalue weighted by Gasteiger charge is -2.43. The van der Waals surface area contributed by atoms with Crippen molar-refractivity contribution in [1.29, 1.82) is 0 Å². The Labute approximate surface area is 206 Å². The van der Waals surface area contributed by atoms with E-state index in [-0.39, 0.29) is 6.08 Å². The van der Waals surface area contributed by atoms with Crippen LogP contribution in [0.25, 0.3) is 0 Å². The van der Waals surface area contributed by atoms with Crippen molar-refractivity contribution < 1.29 is 86.6 Å². The summed E-state index contributed by atoms with van der Waals surface area (Å²) in [5.74, 6) is -29.6. The smallest absolute Gasteiger partial charge is 0.452 e. The molecule has 0 spiro atoms. The van der Waals surface area contributed by atoms with E-state index in [1.165, 1.54) is 0 Å². The van der Waals surface area contributed by atoms with Crippen molar-refractivity contribution in [2.75, 3.05) is 0 Å². The summed E-state index contributed by atoms with van der Waals surface area (Å²) in [6.07, 6.45) is -15.9. The second-order valence-electron chi connectivity index (χ2n) is 7.84. The summed E-state index contributed by atoms with van der Waals surface area (Å²) in [6, 6.07) is 0. The first kappa shape index (κ1) is 36.2. The Balaban J connectivity index is 7.89. The number of ether oxygens (including phenoxy) is 1. The summed E-state index contributed by atoms with van der Waals surface area (Å²) in [7, 11) is -13.4. The van der Waals surface area contributed by atoms with Gasteiger partial charge in [0.1, 0.15) is 5.25 Å². The number of ketones is 1. The van der Waals surface area contributed by atoms with Gasteiger partial charge in [-0.3, -0.25) is 4.79 Å². The third-order valence-corrected chi connectivity index (χ3v) is 6.41. The third kappa shape index (κ3) is 7.02. The molecule has 4 atom stereocenters. The normalized spacial score (nSPS) is 20.3. The summed E-state index contributed by atoms with van der Waals surface area (Å²) >= 11 is 0. The van der Waals surface area contributed by atoms with Gasteiger partial charge in [-0.25, -0.2) is 4.39 Å². The summed E-state index contributed by atoms with van der Waals surface area (Å²) < 4.78 is 228. The Morgan fingerprint density at radius 3 is 1.53 bits per heavy atom. The predicted octanol–water partition coefficient (Wildman–Crippen LogP) is 5.24. The molecule has 4 unspecified atom stereocenters. The van der Waals surface area contributed by atoms with Crippen LogP contribution in [0.15, 0.2) is 11.8 Å². The van der Waals surface area contributed by atoms with Gasteiger partial charge in [-0.15, -0.1) is 3.89 Å². The van der Waals surface area contributed by atoms with Crippen LogP contribution in [0.5, 0.6) is 0 Å². The van der Waals surface area contributed by atoms with E-state index in [4.69, 9.17) is 0 Å². The maximum atomic E-state index is 15.7. The minimum atomic E-state index is -7.51. The molecule has 38 heavy (non-hydrogen) atoms. The average molecular weight is 632 g/mol. The van der Waals surface area contributed by atoms with Gasteiger partial charge in [-0.2, -0.15) is 64.9 Å². The minimum Gasteiger partial charge on any atom is -0.452 e. The lowest BCUT2D eigenvalue weighted by molar-refractivity contribution is -0.376. The van der Waals surface area contributed by atoms with Gasteiger partial charge in [0.15, 0.2) is 0 Å². The Bertz CT molecular complexity index is 1130. The fraction of sp³-hybridized carbons (Fsp3) is 0.812. The topological polar surface area (TPSA) is 104 Å². The van der Waals surface area contributed by atoms with Crippen molar-refractivity contribution in [1.82, 2.24) is 0 Å². The molecule has 0 amide bonds. The standard InChI is InChI=1S/C16H17F13O7S2/c1-5-8(6-9(7(2)3)37(28,31)32)35-13(20,10(30)12(18,19)16(25,26)27)14(21,36-38(29,33)34)11(4,17)15(22,23)24/h6-7,9H,5H2,1-4H3. The van der Waals surface area contributed by atoms with Gasteiger partial charge in [0, 0.05) is 6.42 Å². The van der Waals surface area contributed by atoms with Gasteiger partial charge in [0.05, 0.1) is 5.76 Å². The van der Waals surface area contributed by atoms with Crippen LogP contribution >= 0.6 is 0 Å². The van der Waals surface area contributed by atoms with Crippen molar-refractivity contribution in [3.63, 3.8) is 0 Å². The molecular weight excluding hydrogens is 615 g/mol. The highest BCUT2D eigenvalue weighted by atomic mass is 32.3. The first-order valence-electron chi connectivity index (χ1n) is 9.44. The number of halogens is 13. The maximum absolute atomic E-state index is 15.7. The van der Waals surface area contributed by atoms with E-state index in [0.717, 1.165) is 13.8 Å². The largest absolute Gasteiger partial charge is 0.461 e. The molecule has 22 heteroatoms. The highest BCUT2D eigenvalue weighted by molar-refractivity contribution is 7.87. The number of alkyl halides is 11. The summed E-state index contributed by atoms with van der Waals surface area (Å²) in [5.41, 5.74) is -6.49. The highest BCUT2D eigenvalue weighted by Gasteiger charge is 2.86. The van der Waals surface area contributed by atoms with Gasteiger partial charge < -0.3 is 4.74 Å². The Morgan fingerprint density at radius 2 is 1.26 bits per heavy atom. The molecule has 0 heterocycles. The monoisotopic (exact) mass is 632 g/mol. The third-order valence-electron chi connectivity index (χ3n) is 4.65. The summed E-state index contributed by atoms with van der Waals surface area (Å²) in [4.78, 5) is 11.9. The second-order valence-corrected chi connectivity index (χ2v) is 10.3. The van der Waals surface area contributed by atoms with E-state index in [1.54, 1.807) is 0 Å². The number of hydrogen-bond acceptors (Lipinski definition) is 7. The zero-order valence-electron chi connectivity index (χ0n) is 19.0. The number of carbonyl (C=O) groups is 1. The van der Waals surface area contributed by atoms with Gasteiger partial charge in [-0.05, 0) is 18.9 Å². The number of rotatable bonds is 12. The maximum Gasteiger partial charge on any atom is 0.461 e. The second kappa shape index (κ2) is 10.6. The minimum absolute atomic E-state index is 0.249. The Hall–Kier alpha value is -1.84. The Morgan fingerprint density at radius 1 is 0.842 bits per heavy atom. The van der Waals surface area contributed by atoms with Gasteiger partial charge >= 0.3 is 50.7 Å². The molecule has 0 aromatic carbocycles. The Kier molecular flexibility index (Phi) is 10.1. The van der Waals surface area contributed by atoms with Crippen molar-refractivity contribution in [2.24, 2.45) is 5.92 Å².